The van der Waals surface area contributed by atoms with Gasteiger partial charge in [0.1, 0.15) is 11.5 Å². The number of carboxylic acid groups (broad SMARTS) is 1. The molecule has 1 aliphatic rings. The average molecular weight is 300 g/mol. The Labute approximate surface area is 121 Å². The van der Waals surface area contributed by atoms with Crippen molar-refractivity contribution >= 4 is 5.97 Å². The first-order chi connectivity index (χ1) is 9.92. The number of phenolic OH excluding ortho intramolecular Hbond substituents is 1. The number of phenols is 1. The number of hydrogen-bond donors (Lipinski definition) is 2. The van der Waals surface area contributed by atoms with Gasteiger partial charge in [-0.3, -0.25) is 4.79 Å². The number of hydrogen-bond acceptors (Lipinski definition) is 3. The molecule has 0 radical (unpaired) electrons. The van der Waals surface area contributed by atoms with Gasteiger partial charge in [-0.2, -0.15) is 0 Å². The highest BCUT2D eigenvalue weighted by atomic mass is 19.3. The zero-order chi connectivity index (χ0) is 15.6. The van der Waals surface area contributed by atoms with Crippen molar-refractivity contribution in [3.05, 3.63) is 23.3 Å². The average Bonchev–Trinajstić information content (AvgIpc) is 2.47. The quantitative estimate of drug-likeness (QED) is 0.891. The van der Waals surface area contributed by atoms with Gasteiger partial charge >= 0.3 is 5.97 Å². The van der Waals surface area contributed by atoms with E-state index < -0.39 is 29.1 Å². The number of carboxylic acids is 1. The van der Waals surface area contributed by atoms with Crippen LogP contribution in [0.15, 0.2) is 12.1 Å². The lowest BCUT2D eigenvalue weighted by Crippen LogP contribution is -2.38. The van der Waals surface area contributed by atoms with Crippen LogP contribution in [0.4, 0.5) is 8.78 Å². The van der Waals surface area contributed by atoms with Gasteiger partial charge < -0.3 is 14.9 Å². The predicted molar refractivity (Wildman–Crippen MR) is 72.0 cm³/mol. The fraction of sp³-hybridized carbons (Fsp3) is 0.533. The van der Waals surface area contributed by atoms with Crippen molar-refractivity contribution in [2.24, 2.45) is 0 Å². The number of carbonyl (C=O) groups is 1. The van der Waals surface area contributed by atoms with Gasteiger partial charge in [0.25, 0.3) is 6.43 Å². The summed E-state index contributed by atoms with van der Waals surface area (Å²) in [6.45, 7) is 0. The molecular formula is C15H18F2O4. The van der Waals surface area contributed by atoms with E-state index in [0.717, 1.165) is 12.5 Å². The first-order valence-corrected chi connectivity index (χ1v) is 6.85. The van der Waals surface area contributed by atoms with Gasteiger partial charge in [-0.05, 0) is 25.0 Å². The molecule has 1 aromatic carbocycles. The van der Waals surface area contributed by atoms with Crippen LogP contribution in [0.3, 0.4) is 0 Å². The third kappa shape index (κ3) is 2.66. The van der Waals surface area contributed by atoms with E-state index >= 15 is 0 Å². The molecule has 0 spiro atoms. The van der Waals surface area contributed by atoms with Crippen LogP contribution in [-0.4, -0.2) is 23.3 Å². The summed E-state index contributed by atoms with van der Waals surface area (Å²) in [6, 6.07) is 2.41. The highest BCUT2D eigenvalue weighted by Crippen LogP contribution is 2.47. The van der Waals surface area contributed by atoms with Crippen LogP contribution in [0.2, 0.25) is 0 Å². The molecular weight excluding hydrogens is 282 g/mol. The van der Waals surface area contributed by atoms with Crippen molar-refractivity contribution in [3.63, 3.8) is 0 Å². The number of aliphatic carboxylic acids is 1. The summed E-state index contributed by atoms with van der Waals surface area (Å²) < 4.78 is 31.1. The number of halogens is 2. The van der Waals surface area contributed by atoms with Crippen molar-refractivity contribution in [2.75, 3.05) is 7.11 Å². The van der Waals surface area contributed by atoms with Crippen LogP contribution < -0.4 is 4.74 Å². The fourth-order valence-electron chi connectivity index (χ4n) is 3.03. The molecule has 116 valence electrons. The molecule has 0 amide bonds. The van der Waals surface area contributed by atoms with Crippen LogP contribution in [0.25, 0.3) is 0 Å². The molecule has 1 saturated carbocycles. The lowest BCUT2D eigenvalue weighted by molar-refractivity contribution is -0.145. The molecule has 0 unspecified atom stereocenters. The van der Waals surface area contributed by atoms with Gasteiger partial charge in [-0.1, -0.05) is 19.3 Å². The van der Waals surface area contributed by atoms with E-state index in [4.69, 9.17) is 4.74 Å². The number of methoxy groups -OCH3 is 1. The Morgan fingerprint density at radius 3 is 2.38 bits per heavy atom. The third-order valence-electron chi connectivity index (χ3n) is 4.22. The minimum atomic E-state index is -2.90. The Bertz CT molecular complexity index is 537. The number of aromatic hydroxyl groups is 1. The Balaban J connectivity index is 2.64. The van der Waals surface area contributed by atoms with Crippen LogP contribution >= 0.6 is 0 Å². The third-order valence-corrected chi connectivity index (χ3v) is 4.22. The standard InChI is InChI=1S/C15H18F2O4/c1-21-9-7-10(13(16)17)12(18)11(8-9)15(14(19)20)5-3-2-4-6-15/h7-8,13,18H,2-6H2,1H3,(H,19,20). The maximum absolute atomic E-state index is 13.1. The lowest BCUT2D eigenvalue weighted by Gasteiger charge is -2.34. The summed E-state index contributed by atoms with van der Waals surface area (Å²) in [4.78, 5) is 11.8. The molecule has 4 nitrogen and oxygen atoms in total. The lowest BCUT2D eigenvalue weighted by atomic mass is 9.68. The highest BCUT2D eigenvalue weighted by Gasteiger charge is 2.44. The maximum Gasteiger partial charge on any atom is 0.314 e. The summed E-state index contributed by atoms with van der Waals surface area (Å²) in [6.07, 6.45) is 0.0343. The summed E-state index contributed by atoms with van der Waals surface area (Å²) in [7, 11) is 1.32. The summed E-state index contributed by atoms with van der Waals surface area (Å²) in [5.41, 5.74) is -1.87. The monoisotopic (exact) mass is 300 g/mol. The SMILES string of the molecule is COc1cc(C(F)F)c(O)c(C2(C(=O)O)CCCCC2)c1. The maximum atomic E-state index is 13.1. The van der Waals surface area contributed by atoms with Crippen LogP contribution in [-0.2, 0) is 10.2 Å². The number of rotatable bonds is 4. The smallest absolute Gasteiger partial charge is 0.314 e. The van der Waals surface area contributed by atoms with Crippen LogP contribution in [0.5, 0.6) is 11.5 Å². The summed E-state index contributed by atoms with van der Waals surface area (Å²) in [5.74, 6) is -1.59. The van der Waals surface area contributed by atoms with E-state index in [0.29, 0.717) is 25.7 Å². The Morgan fingerprint density at radius 1 is 1.29 bits per heavy atom. The molecule has 1 aliphatic carbocycles. The van der Waals surface area contributed by atoms with E-state index in [9.17, 15) is 23.8 Å². The molecule has 2 N–H and O–H groups in total. The predicted octanol–water partition coefficient (Wildman–Crippen LogP) is 3.62. The zero-order valence-electron chi connectivity index (χ0n) is 11.7. The largest absolute Gasteiger partial charge is 0.507 e. The molecule has 0 heterocycles. The Hall–Kier alpha value is -1.85. The molecule has 6 heteroatoms. The second kappa shape index (κ2) is 5.87. The van der Waals surface area contributed by atoms with Crippen molar-refractivity contribution in [3.8, 4) is 11.5 Å². The molecule has 0 aliphatic heterocycles. The molecule has 0 bridgehead atoms. The Kier molecular flexibility index (Phi) is 4.34. The Morgan fingerprint density at radius 2 is 1.90 bits per heavy atom. The molecule has 1 aromatic rings. The van der Waals surface area contributed by atoms with Crippen molar-refractivity contribution in [1.82, 2.24) is 0 Å². The van der Waals surface area contributed by atoms with E-state index in [1.165, 1.54) is 13.2 Å². The zero-order valence-corrected chi connectivity index (χ0v) is 11.7. The van der Waals surface area contributed by atoms with Gasteiger partial charge in [-0.25, -0.2) is 8.78 Å². The number of alkyl halides is 2. The molecule has 2 rings (SSSR count). The van der Waals surface area contributed by atoms with E-state index in [2.05, 4.69) is 0 Å². The second-order valence-electron chi connectivity index (χ2n) is 5.36. The molecule has 0 aromatic heterocycles. The second-order valence-corrected chi connectivity index (χ2v) is 5.36. The van der Waals surface area contributed by atoms with E-state index in [1.807, 2.05) is 0 Å². The highest BCUT2D eigenvalue weighted by molar-refractivity contribution is 5.83. The van der Waals surface area contributed by atoms with Crippen molar-refractivity contribution in [1.29, 1.82) is 0 Å². The van der Waals surface area contributed by atoms with Gasteiger partial charge in [0.2, 0.25) is 0 Å². The number of benzene rings is 1. The molecule has 0 atom stereocenters. The van der Waals surface area contributed by atoms with Gasteiger partial charge in [0.05, 0.1) is 18.1 Å². The van der Waals surface area contributed by atoms with E-state index in [-0.39, 0.29) is 11.3 Å². The first-order valence-electron chi connectivity index (χ1n) is 6.85. The molecule has 1 fully saturated rings. The molecule has 0 saturated heterocycles. The minimum absolute atomic E-state index is 0.0318. The van der Waals surface area contributed by atoms with Crippen LogP contribution in [0, 0.1) is 0 Å². The van der Waals surface area contributed by atoms with Crippen molar-refractivity contribution < 1.29 is 28.5 Å². The number of ether oxygens (including phenoxy) is 1. The van der Waals surface area contributed by atoms with Gasteiger partial charge in [-0.15, -0.1) is 0 Å². The summed E-state index contributed by atoms with van der Waals surface area (Å²) in [5, 5.41) is 19.8. The topological polar surface area (TPSA) is 66.8 Å². The van der Waals surface area contributed by atoms with Gasteiger partial charge in [0.15, 0.2) is 0 Å². The van der Waals surface area contributed by atoms with Crippen molar-refractivity contribution in [2.45, 2.75) is 43.9 Å². The fourth-order valence-corrected chi connectivity index (χ4v) is 3.03. The van der Waals surface area contributed by atoms with E-state index in [1.54, 1.807) is 0 Å². The molecule has 21 heavy (non-hydrogen) atoms. The summed E-state index contributed by atoms with van der Waals surface area (Å²) >= 11 is 0. The van der Waals surface area contributed by atoms with Crippen LogP contribution in [0.1, 0.15) is 49.7 Å². The normalized spacial score (nSPS) is 17.7. The minimum Gasteiger partial charge on any atom is -0.507 e. The first kappa shape index (κ1) is 15.5. The van der Waals surface area contributed by atoms with Gasteiger partial charge in [0, 0.05) is 5.56 Å².